The minimum atomic E-state index is -0.718. The fourth-order valence-electron chi connectivity index (χ4n) is 2.01. The molecule has 1 N–H and O–H groups in total. The Labute approximate surface area is 109 Å². The molecule has 0 heterocycles. The Balaban J connectivity index is 2.36. The van der Waals surface area contributed by atoms with Crippen LogP contribution in [-0.2, 0) is 4.79 Å². The van der Waals surface area contributed by atoms with Crippen molar-refractivity contribution in [2.75, 3.05) is 19.6 Å². The molecular formula is C15H23NO2. The first kappa shape index (κ1) is 14.7. The van der Waals surface area contributed by atoms with Crippen molar-refractivity contribution in [2.24, 2.45) is 0 Å². The smallest absolute Gasteiger partial charge is 0.304 e. The minimum Gasteiger partial charge on any atom is -0.481 e. The number of benzene rings is 1. The highest BCUT2D eigenvalue weighted by molar-refractivity contribution is 5.66. The first-order valence-electron chi connectivity index (χ1n) is 6.62. The van der Waals surface area contributed by atoms with Gasteiger partial charge in [0.1, 0.15) is 0 Å². The summed E-state index contributed by atoms with van der Waals surface area (Å²) in [7, 11) is 0. The van der Waals surface area contributed by atoms with E-state index in [0.29, 0.717) is 12.5 Å². The summed E-state index contributed by atoms with van der Waals surface area (Å²) in [6.07, 6.45) is 1.30. The lowest BCUT2D eigenvalue weighted by atomic mass is 9.98. The molecule has 0 fully saturated rings. The van der Waals surface area contributed by atoms with Gasteiger partial charge < -0.3 is 10.0 Å². The van der Waals surface area contributed by atoms with Crippen molar-refractivity contribution < 1.29 is 9.90 Å². The molecule has 100 valence electrons. The van der Waals surface area contributed by atoms with Gasteiger partial charge in [-0.3, -0.25) is 4.79 Å². The molecule has 0 saturated heterocycles. The average molecular weight is 249 g/mol. The second-order valence-electron chi connectivity index (χ2n) is 4.68. The van der Waals surface area contributed by atoms with E-state index in [2.05, 4.69) is 43.0 Å². The molecule has 0 spiro atoms. The summed E-state index contributed by atoms with van der Waals surface area (Å²) in [6, 6.07) is 10.5. The Bertz CT molecular complexity index is 351. The van der Waals surface area contributed by atoms with E-state index in [0.717, 1.165) is 19.5 Å². The van der Waals surface area contributed by atoms with Gasteiger partial charge in [0, 0.05) is 6.54 Å². The van der Waals surface area contributed by atoms with Gasteiger partial charge in [0.05, 0.1) is 6.42 Å². The monoisotopic (exact) mass is 249 g/mol. The first-order valence-corrected chi connectivity index (χ1v) is 6.62. The molecule has 0 bridgehead atoms. The molecule has 1 aromatic rings. The summed E-state index contributed by atoms with van der Waals surface area (Å²) in [6.45, 7) is 6.82. The highest BCUT2D eigenvalue weighted by atomic mass is 16.4. The quantitative estimate of drug-likeness (QED) is 0.770. The van der Waals surface area contributed by atoms with Crippen LogP contribution in [0.15, 0.2) is 30.3 Å². The van der Waals surface area contributed by atoms with Gasteiger partial charge in [-0.2, -0.15) is 0 Å². The van der Waals surface area contributed by atoms with Crippen molar-refractivity contribution >= 4 is 5.97 Å². The molecule has 1 unspecified atom stereocenters. The van der Waals surface area contributed by atoms with E-state index in [-0.39, 0.29) is 6.42 Å². The molecule has 3 nitrogen and oxygen atoms in total. The van der Waals surface area contributed by atoms with Gasteiger partial charge in [-0.15, -0.1) is 0 Å². The number of hydrogen-bond acceptors (Lipinski definition) is 2. The molecule has 0 amide bonds. The number of carboxylic acids is 1. The summed E-state index contributed by atoms with van der Waals surface area (Å²) in [5, 5.41) is 8.69. The van der Waals surface area contributed by atoms with E-state index in [9.17, 15) is 4.79 Å². The fraction of sp³-hybridized carbons (Fsp3) is 0.533. The van der Waals surface area contributed by atoms with Crippen LogP contribution < -0.4 is 0 Å². The first-order chi connectivity index (χ1) is 8.63. The number of nitrogens with zero attached hydrogens (tertiary/aromatic N) is 1. The molecule has 0 aliphatic rings. The van der Waals surface area contributed by atoms with Crippen LogP contribution in [0.5, 0.6) is 0 Å². The highest BCUT2D eigenvalue weighted by Crippen LogP contribution is 2.18. The molecular weight excluding hydrogens is 226 g/mol. The molecule has 3 heteroatoms. The normalized spacial score (nSPS) is 12.6. The lowest BCUT2D eigenvalue weighted by molar-refractivity contribution is -0.137. The lowest BCUT2D eigenvalue weighted by Gasteiger charge is -2.21. The lowest BCUT2D eigenvalue weighted by Crippen LogP contribution is -2.28. The van der Waals surface area contributed by atoms with Crippen molar-refractivity contribution in [3.8, 4) is 0 Å². The van der Waals surface area contributed by atoms with Gasteiger partial charge in [-0.1, -0.05) is 44.2 Å². The summed E-state index contributed by atoms with van der Waals surface area (Å²) in [5.41, 5.74) is 1.35. The Kier molecular flexibility index (Phi) is 6.44. The van der Waals surface area contributed by atoms with Gasteiger partial charge in [0.15, 0.2) is 0 Å². The van der Waals surface area contributed by atoms with Crippen molar-refractivity contribution in [1.82, 2.24) is 4.90 Å². The minimum absolute atomic E-state index is 0.230. The topological polar surface area (TPSA) is 40.5 Å². The van der Waals surface area contributed by atoms with Gasteiger partial charge in [0.2, 0.25) is 0 Å². The van der Waals surface area contributed by atoms with Crippen molar-refractivity contribution in [2.45, 2.75) is 32.6 Å². The third-order valence-corrected chi connectivity index (χ3v) is 3.34. The Morgan fingerprint density at radius 2 is 1.94 bits per heavy atom. The fourth-order valence-corrected chi connectivity index (χ4v) is 2.01. The SMILES string of the molecule is CCN(CCC(=O)O)CCC(C)c1ccccc1. The molecule has 0 aliphatic heterocycles. The molecule has 0 aliphatic carbocycles. The summed E-state index contributed by atoms with van der Waals surface area (Å²) in [4.78, 5) is 12.8. The molecule has 0 saturated carbocycles. The number of rotatable bonds is 8. The van der Waals surface area contributed by atoms with Crippen molar-refractivity contribution in [1.29, 1.82) is 0 Å². The maximum Gasteiger partial charge on any atom is 0.304 e. The zero-order valence-electron chi connectivity index (χ0n) is 11.3. The van der Waals surface area contributed by atoms with E-state index < -0.39 is 5.97 Å². The Hall–Kier alpha value is -1.35. The highest BCUT2D eigenvalue weighted by Gasteiger charge is 2.09. The van der Waals surface area contributed by atoms with Crippen molar-refractivity contribution in [3.63, 3.8) is 0 Å². The average Bonchev–Trinajstić information content (AvgIpc) is 2.39. The second-order valence-corrected chi connectivity index (χ2v) is 4.68. The number of aliphatic carboxylic acids is 1. The van der Waals surface area contributed by atoms with Crippen molar-refractivity contribution in [3.05, 3.63) is 35.9 Å². The van der Waals surface area contributed by atoms with Gasteiger partial charge in [-0.25, -0.2) is 0 Å². The van der Waals surface area contributed by atoms with E-state index in [4.69, 9.17) is 5.11 Å². The number of hydrogen-bond donors (Lipinski definition) is 1. The Morgan fingerprint density at radius 3 is 2.50 bits per heavy atom. The predicted octanol–water partition coefficient (Wildman–Crippen LogP) is 2.98. The molecule has 1 rings (SSSR count). The van der Waals surface area contributed by atoms with Gasteiger partial charge in [0.25, 0.3) is 0 Å². The third-order valence-electron chi connectivity index (χ3n) is 3.34. The summed E-state index contributed by atoms with van der Waals surface area (Å²) >= 11 is 0. The van der Waals surface area contributed by atoms with Gasteiger partial charge in [-0.05, 0) is 31.0 Å². The second kappa shape index (κ2) is 7.88. The van der Waals surface area contributed by atoms with Crippen LogP contribution in [0.2, 0.25) is 0 Å². The predicted molar refractivity (Wildman–Crippen MR) is 73.8 cm³/mol. The third kappa shape index (κ3) is 5.32. The van der Waals surface area contributed by atoms with Crippen LogP contribution in [0.3, 0.4) is 0 Å². The van der Waals surface area contributed by atoms with Crippen LogP contribution in [-0.4, -0.2) is 35.6 Å². The van der Waals surface area contributed by atoms with Crippen LogP contribution in [0.25, 0.3) is 0 Å². The van der Waals surface area contributed by atoms with E-state index in [1.807, 2.05) is 6.07 Å². The van der Waals surface area contributed by atoms with Crippen LogP contribution in [0.1, 0.15) is 38.2 Å². The molecule has 18 heavy (non-hydrogen) atoms. The zero-order valence-corrected chi connectivity index (χ0v) is 11.3. The maximum atomic E-state index is 10.6. The van der Waals surface area contributed by atoms with Crippen LogP contribution >= 0.6 is 0 Å². The van der Waals surface area contributed by atoms with E-state index in [1.165, 1.54) is 5.56 Å². The summed E-state index contributed by atoms with van der Waals surface area (Å²) in [5.74, 6) is -0.199. The van der Waals surface area contributed by atoms with E-state index >= 15 is 0 Å². The van der Waals surface area contributed by atoms with Crippen LogP contribution in [0, 0.1) is 0 Å². The number of carboxylic acid groups (broad SMARTS) is 1. The number of carbonyl (C=O) groups is 1. The van der Waals surface area contributed by atoms with Gasteiger partial charge >= 0.3 is 5.97 Å². The standard InChI is InChI=1S/C15H23NO2/c1-3-16(12-10-15(17)18)11-9-13(2)14-7-5-4-6-8-14/h4-8,13H,3,9-12H2,1-2H3,(H,17,18). The zero-order chi connectivity index (χ0) is 13.4. The van der Waals surface area contributed by atoms with Crippen LogP contribution in [0.4, 0.5) is 0 Å². The Morgan fingerprint density at radius 1 is 1.28 bits per heavy atom. The molecule has 0 aromatic heterocycles. The molecule has 0 radical (unpaired) electrons. The van der Waals surface area contributed by atoms with E-state index in [1.54, 1.807) is 0 Å². The maximum absolute atomic E-state index is 10.6. The molecule has 1 aromatic carbocycles. The summed E-state index contributed by atoms with van der Waals surface area (Å²) < 4.78 is 0. The molecule has 1 atom stereocenters. The largest absolute Gasteiger partial charge is 0.481 e.